The van der Waals surface area contributed by atoms with E-state index in [9.17, 15) is 4.79 Å². The number of carbonyl (C=O) groups is 1. The predicted molar refractivity (Wildman–Crippen MR) is 50.6 cm³/mol. The van der Waals surface area contributed by atoms with E-state index in [-0.39, 0.29) is 12.0 Å². The lowest BCUT2D eigenvalue weighted by molar-refractivity contribution is -0.147. The Hall–Kier alpha value is -0.610. The highest BCUT2D eigenvalue weighted by atomic mass is 16.5. The van der Waals surface area contributed by atoms with Crippen molar-refractivity contribution in [2.45, 2.75) is 26.3 Å². The molecule has 0 rings (SSSR count). The van der Waals surface area contributed by atoms with Crippen molar-refractivity contribution in [2.75, 3.05) is 26.9 Å². The fourth-order valence-corrected chi connectivity index (χ4v) is 0.938. The van der Waals surface area contributed by atoms with Crippen LogP contribution in [0.25, 0.3) is 0 Å². The van der Waals surface area contributed by atoms with Crippen LogP contribution >= 0.6 is 0 Å². The summed E-state index contributed by atoms with van der Waals surface area (Å²) in [5, 5.41) is 3.06. The van der Waals surface area contributed by atoms with Gasteiger partial charge in [0.25, 0.3) is 0 Å². The first-order valence-electron chi connectivity index (χ1n) is 4.65. The zero-order chi connectivity index (χ0) is 10.1. The molecule has 0 aromatic carbocycles. The molecule has 0 saturated carbocycles. The smallest absolute Gasteiger partial charge is 0.325 e. The van der Waals surface area contributed by atoms with E-state index in [2.05, 4.69) is 5.32 Å². The quantitative estimate of drug-likeness (QED) is 0.595. The van der Waals surface area contributed by atoms with E-state index in [1.54, 1.807) is 14.0 Å². The van der Waals surface area contributed by atoms with Crippen molar-refractivity contribution in [1.82, 2.24) is 5.32 Å². The lowest BCUT2D eigenvalue weighted by Gasteiger charge is -2.15. The van der Waals surface area contributed by atoms with Gasteiger partial charge in [-0.15, -0.1) is 0 Å². The number of ether oxygens (including phenoxy) is 2. The molecule has 0 saturated heterocycles. The van der Waals surface area contributed by atoms with E-state index in [4.69, 9.17) is 9.47 Å². The molecule has 0 aromatic heterocycles. The number of carbonyl (C=O) groups excluding carboxylic acids is 1. The molecule has 0 aliphatic heterocycles. The molecular weight excluding hydrogens is 170 g/mol. The molecule has 0 bridgehead atoms. The molecule has 4 heteroatoms. The standard InChI is InChI=1S/C9H19NO3/c1-4-6-10-8(7-12-3)9(11)13-5-2/h8,10H,4-7H2,1-3H3. The highest BCUT2D eigenvalue weighted by Crippen LogP contribution is 1.91. The lowest BCUT2D eigenvalue weighted by atomic mass is 10.3. The molecule has 1 unspecified atom stereocenters. The molecule has 0 heterocycles. The molecule has 0 aliphatic rings. The molecule has 4 nitrogen and oxygen atoms in total. The second-order valence-corrected chi connectivity index (χ2v) is 2.71. The summed E-state index contributed by atoms with van der Waals surface area (Å²) < 4.78 is 9.78. The lowest BCUT2D eigenvalue weighted by Crippen LogP contribution is -2.41. The van der Waals surface area contributed by atoms with E-state index in [0.29, 0.717) is 13.2 Å². The molecule has 1 atom stereocenters. The van der Waals surface area contributed by atoms with Crippen molar-refractivity contribution in [3.63, 3.8) is 0 Å². The minimum absolute atomic E-state index is 0.238. The number of hydrogen-bond acceptors (Lipinski definition) is 4. The van der Waals surface area contributed by atoms with Crippen LogP contribution in [0.5, 0.6) is 0 Å². The van der Waals surface area contributed by atoms with Gasteiger partial charge in [0.1, 0.15) is 6.04 Å². The van der Waals surface area contributed by atoms with E-state index >= 15 is 0 Å². The molecule has 0 spiro atoms. The van der Waals surface area contributed by atoms with Crippen LogP contribution in [0, 0.1) is 0 Å². The number of nitrogens with one attached hydrogen (secondary N) is 1. The first-order chi connectivity index (χ1) is 6.26. The Balaban J connectivity index is 3.83. The average Bonchev–Trinajstić information content (AvgIpc) is 2.12. The number of rotatable bonds is 7. The molecule has 0 aliphatic carbocycles. The Morgan fingerprint density at radius 3 is 2.62 bits per heavy atom. The summed E-state index contributed by atoms with van der Waals surface area (Å²) in [5.41, 5.74) is 0. The molecule has 0 fully saturated rings. The van der Waals surface area contributed by atoms with Gasteiger partial charge in [0.2, 0.25) is 0 Å². The number of hydrogen-bond donors (Lipinski definition) is 1. The maximum atomic E-state index is 11.3. The summed E-state index contributed by atoms with van der Waals surface area (Å²) in [5.74, 6) is -0.238. The van der Waals surface area contributed by atoms with Gasteiger partial charge in [-0.25, -0.2) is 0 Å². The maximum absolute atomic E-state index is 11.3. The summed E-state index contributed by atoms with van der Waals surface area (Å²) in [7, 11) is 1.57. The summed E-state index contributed by atoms with van der Waals surface area (Å²) in [4.78, 5) is 11.3. The van der Waals surface area contributed by atoms with E-state index in [0.717, 1.165) is 13.0 Å². The van der Waals surface area contributed by atoms with Gasteiger partial charge in [0, 0.05) is 7.11 Å². The molecule has 1 N–H and O–H groups in total. The first kappa shape index (κ1) is 12.4. The van der Waals surface area contributed by atoms with Crippen LogP contribution in [0.2, 0.25) is 0 Å². The molecule has 0 amide bonds. The molecule has 0 radical (unpaired) electrons. The van der Waals surface area contributed by atoms with Crippen molar-refractivity contribution >= 4 is 5.97 Å². The van der Waals surface area contributed by atoms with Crippen LogP contribution in [0.4, 0.5) is 0 Å². The topological polar surface area (TPSA) is 47.6 Å². The first-order valence-corrected chi connectivity index (χ1v) is 4.65. The minimum atomic E-state index is -0.329. The zero-order valence-corrected chi connectivity index (χ0v) is 8.63. The van der Waals surface area contributed by atoms with Gasteiger partial charge in [-0.1, -0.05) is 6.92 Å². The van der Waals surface area contributed by atoms with Crippen molar-refractivity contribution in [3.05, 3.63) is 0 Å². The van der Waals surface area contributed by atoms with Crippen LogP contribution in [-0.2, 0) is 14.3 Å². The second-order valence-electron chi connectivity index (χ2n) is 2.71. The van der Waals surface area contributed by atoms with Gasteiger partial charge in [-0.05, 0) is 19.9 Å². The van der Waals surface area contributed by atoms with Gasteiger partial charge < -0.3 is 14.8 Å². The van der Waals surface area contributed by atoms with Crippen LogP contribution in [0.15, 0.2) is 0 Å². The molecule has 78 valence electrons. The largest absolute Gasteiger partial charge is 0.465 e. The fourth-order valence-electron chi connectivity index (χ4n) is 0.938. The summed E-state index contributed by atoms with van der Waals surface area (Å²) in [6.45, 7) is 5.40. The van der Waals surface area contributed by atoms with Gasteiger partial charge in [0.05, 0.1) is 13.2 Å². The Morgan fingerprint density at radius 1 is 1.46 bits per heavy atom. The third-order valence-electron chi connectivity index (χ3n) is 1.55. The Labute approximate surface area is 79.6 Å². The Bertz CT molecular complexity index is 139. The third kappa shape index (κ3) is 5.60. The zero-order valence-electron chi connectivity index (χ0n) is 8.63. The van der Waals surface area contributed by atoms with E-state index in [1.165, 1.54) is 0 Å². The third-order valence-corrected chi connectivity index (χ3v) is 1.55. The molecular formula is C9H19NO3. The van der Waals surface area contributed by atoms with E-state index < -0.39 is 0 Å². The SMILES string of the molecule is CCCNC(COC)C(=O)OCC. The highest BCUT2D eigenvalue weighted by Gasteiger charge is 2.17. The van der Waals surface area contributed by atoms with Crippen molar-refractivity contribution < 1.29 is 14.3 Å². The van der Waals surface area contributed by atoms with Crippen molar-refractivity contribution in [2.24, 2.45) is 0 Å². The summed E-state index contributed by atoms with van der Waals surface area (Å²) in [6, 6.07) is -0.329. The van der Waals surface area contributed by atoms with Crippen LogP contribution < -0.4 is 5.32 Å². The number of methoxy groups -OCH3 is 1. The van der Waals surface area contributed by atoms with Gasteiger partial charge in [-0.2, -0.15) is 0 Å². The van der Waals surface area contributed by atoms with Gasteiger partial charge >= 0.3 is 5.97 Å². The maximum Gasteiger partial charge on any atom is 0.325 e. The van der Waals surface area contributed by atoms with Gasteiger partial charge in [0.15, 0.2) is 0 Å². The highest BCUT2D eigenvalue weighted by molar-refractivity contribution is 5.75. The molecule has 0 aromatic rings. The van der Waals surface area contributed by atoms with Gasteiger partial charge in [-0.3, -0.25) is 4.79 Å². The monoisotopic (exact) mass is 189 g/mol. The average molecular weight is 189 g/mol. The normalized spacial score (nSPS) is 12.5. The predicted octanol–water partition coefficient (Wildman–Crippen LogP) is 0.564. The van der Waals surface area contributed by atoms with Crippen LogP contribution in [-0.4, -0.2) is 38.9 Å². The number of esters is 1. The van der Waals surface area contributed by atoms with Crippen molar-refractivity contribution in [3.8, 4) is 0 Å². The Kier molecular flexibility index (Phi) is 7.63. The van der Waals surface area contributed by atoms with Crippen LogP contribution in [0.3, 0.4) is 0 Å². The van der Waals surface area contributed by atoms with Crippen molar-refractivity contribution in [1.29, 1.82) is 0 Å². The summed E-state index contributed by atoms with van der Waals surface area (Å²) >= 11 is 0. The Morgan fingerprint density at radius 2 is 2.15 bits per heavy atom. The second kappa shape index (κ2) is 8.01. The minimum Gasteiger partial charge on any atom is -0.465 e. The summed E-state index contributed by atoms with van der Waals surface area (Å²) in [6.07, 6.45) is 0.986. The van der Waals surface area contributed by atoms with Crippen LogP contribution in [0.1, 0.15) is 20.3 Å². The fraction of sp³-hybridized carbons (Fsp3) is 0.889. The molecule has 13 heavy (non-hydrogen) atoms. The van der Waals surface area contributed by atoms with E-state index in [1.807, 2.05) is 6.92 Å².